The van der Waals surface area contributed by atoms with Gasteiger partial charge in [0.2, 0.25) is 0 Å². The lowest BCUT2D eigenvalue weighted by Gasteiger charge is -2.07. The van der Waals surface area contributed by atoms with Crippen molar-refractivity contribution in [1.29, 1.82) is 0 Å². The molecule has 0 saturated carbocycles. The van der Waals surface area contributed by atoms with Crippen LogP contribution in [0.4, 0.5) is 0 Å². The van der Waals surface area contributed by atoms with Crippen LogP contribution in [-0.2, 0) is 4.57 Å². The van der Waals surface area contributed by atoms with Gasteiger partial charge in [-0.25, -0.2) is 4.57 Å². The molecule has 0 radical (unpaired) electrons. The van der Waals surface area contributed by atoms with Crippen molar-refractivity contribution in [2.75, 3.05) is 0 Å². The van der Waals surface area contributed by atoms with Crippen LogP contribution in [0.1, 0.15) is 0 Å². The molecule has 13 heavy (non-hydrogen) atoms. The molecule has 3 nitrogen and oxygen atoms in total. The maximum atomic E-state index is 10.6. The van der Waals surface area contributed by atoms with Crippen molar-refractivity contribution in [3.63, 3.8) is 0 Å². The Hall–Kier alpha value is 0.0800. The van der Waals surface area contributed by atoms with E-state index in [-0.39, 0.29) is 10.8 Å². The van der Waals surface area contributed by atoms with Crippen molar-refractivity contribution >= 4 is 41.4 Å². The standard InChI is InChI=1S/C6H4Cl3O3P/c7-4-1-2-6(5(8)3-4)12-13(9,10)11/h1-3H,(H,10,11). The Bertz CT molecular complexity index is 362. The van der Waals surface area contributed by atoms with Crippen LogP contribution in [0.5, 0.6) is 5.75 Å². The quantitative estimate of drug-likeness (QED) is 0.825. The van der Waals surface area contributed by atoms with Crippen LogP contribution in [0, 0.1) is 0 Å². The molecule has 1 aromatic carbocycles. The van der Waals surface area contributed by atoms with Crippen molar-refractivity contribution < 1.29 is 14.0 Å². The summed E-state index contributed by atoms with van der Waals surface area (Å²) in [6.07, 6.45) is 0. The predicted octanol–water partition coefficient (Wildman–Crippen LogP) is 3.71. The first-order valence-electron chi connectivity index (χ1n) is 3.05. The van der Waals surface area contributed by atoms with Gasteiger partial charge in [-0.05, 0) is 18.2 Å². The molecule has 0 aliphatic heterocycles. The van der Waals surface area contributed by atoms with E-state index in [1.54, 1.807) is 0 Å². The second-order valence-electron chi connectivity index (χ2n) is 2.12. The zero-order valence-corrected chi connectivity index (χ0v) is 9.24. The number of rotatable bonds is 2. The lowest BCUT2D eigenvalue weighted by Crippen LogP contribution is -1.86. The van der Waals surface area contributed by atoms with E-state index < -0.39 is 6.95 Å². The van der Waals surface area contributed by atoms with E-state index in [4.69, 9.17) is 39.3 Å². The summed E-state index contributed by atoms with van der Waals surface area (Å²) in [7, 11) is 0. The first-order valence-corrected chi connectivity index (χ1v) is 6.29. The minimum Gasteiger partial charge on any atom is -0.412 e. The van der Waals surface area contributed by atoms with Gasteiger partial charge in [0, 0.05) is 16.3 Å². The highest BCUT2D eigenvalue weighted by atomic mass is 35.7. The Morgan fingerprint density at radius 2 is 2.00 bits per heavy atom. The summed E-state index contributed by atoms with van der Waals surface area (Å²) in [6.45, 7) is -4.08. The zero-order valence-electron chi connectivity index (χ0n) is 6.08. The van der Waals surface area contributed by atoms with Gasteiger partial charge in [0.05, 0.1) is 5.02 Å². The maximum absolute atomic E-state index is 10.6. The minimum absolute atomic E-state index is 0.0203. The third-order valence-electron chi connectivity index (χ3n) is 1.10. The van der Waals surface area contributed by atoms with Crippen LogP contribution < -0.4 is 4.52 Å². The van der Waals surface area contributed by atoms with Crippen molar-refractivity contribution in [2.45, 2.75) is 0 Å². The fourth-order valence-corrected chi connectivity index (χ4v) is 1.80. The van der Waals surface area contributed by atoms with Crippen LogP contribution in [0.15, 0.2) is 18.2 Å². The molecule has 0 amide bonds. The summed E-state index contributed by atoms with van der Waals surface area (Å²) >= 11 is 16.2. The van der Waals surface area contributed by atoms with Gasteiger partial charge in [-0.3, -0.25) is 0 Å². The van der Waals surface area contributed by atoms with Gasteiger partial charge in [0.1, 0.15) is 5.75 Å². The average molecular weight is 261 g/mol. The summed E-state index contributed by atoms with van der Waals surface area (Å²) < 4.78 is 15.1. The number of halogens is 3. The summed E-state index contributed by atoms with van der Waals surface area (Å²) in [5.74, 6) is 0.0203. The Morgan fingerprint density at radius 1 is 1.38 bits per heavy atom. The molecule has 1 unspecified atom stereocenters. The Labute approximate surface area is 89.5 Å². The smallest absolute Gasteiger partial charge is 0.412 e. The highest BCUT2D eigenvalue weighted by Crippen LogP contribution is 2.49. The summed E-state index contributed by atoms with van der Waals surface area (Å²) in [4.78, 5) is 8.67. The molecule has 0 aromatic heterocycles. The summed E-state index contributed by atoms with van der Waals surface area (Å²) in [5.41, 5.74) is 0. The molecule has 0 bridgehead atoms. The SMILES string of the molecule is O=P(O)(Cl)Oc1ccc(Cl)cc1Cl. The van der Waals surface area contributed by atoms with Crippen LogP contribution in [0.3, 0.4) is 0 Å². The zero-order chi connectivity index (χ0) is 10.1. The largest absolute Gasteiger partial charge is 0.474 e. The van der Waals surface area contributed by atoms with Gasteiger partial charge >= 0.3 is 6.95 Å². The fraction of sp³-hybridized carbons (Fsp3) is 0. The third-order valence-corrected chi connectivity index (χ3v) is 2.26. The van der Waals surface area contributed by atoms with Crippen LogP contribution in [0.2, 0.25) is 10.0 Å². The monoisotopic (exact) mass is 260 g/mol. The van der Waals surface area contributed by atoms with E-state index in [0.29, 0.717) is 5.02 Å². The normalized spacial score (nSPS) is 15.1. The Kier molecular flexibility index (Phi) is 3.50. The molecule has 7 heteroatoms. The molecule has 1 aromatic rings. The van der Waals surface area contributed by atoms with E-state index in [9.17, 15) is 4.57 Å². The molecule has 1 atom stereocenters. The van der Waals surface area contributed by atoms with Gasteiger partial charge in [-0.1, -0.05) is 23.2 Å². The second kappa shape index (κ2) is 4.07. The molecule has 0 saturated heterocycles. The first-order chi connectivity index (χ1) is 5.88. The molecule has 1 N–H and O–H groups in total. The predicted molar refractivity (Wildman–Crippen MR) is 52.8 cm³/mol. The summed E-state index contributed by atoms with van der Waals surface area (Å²) in [6, 6.07) is 4.20. The molecule has 0 aliphatic carbocycles. The minimum atomic E-state index is -4.08. The molecule has 1 rings (SSSR count). The topological polar surface area (TPSA) is 46.5 Å². The number of hydrogen-bond donors (Lipinski definition) is 1. The number of benzene rings is 1. The average Bonchev–Trinajstić information content (AvgIpc) is 1.93. The maximum Gasteiger partial charge on any atom is 0.474 e. The van der Waals surface area contributed by atoms with Crippen molar-refractivity contribution in [3.05, 3.63) is 28.2 Å². The molecule has 0 fully saturated rings. The highest BCUT2D eigenvalue weighted by molar-refractivity contribution is 7.80. The van der Waals surface area contributed by atoms with E-state index in [0.717, 1.165) is 0 Å². The summed E-state index contributed by atoms with van der Waals surface area (Å²) in [5, 5.41) is 0.530. The molecule has 72 valence electrons. The number of hydrogen-bond acceptors (Lipinski definition) is 2. The van der Waals surface area contributed by atoms with E-state index in [1.165, 1.54) is 18.2 Å². The van der Waals surface area contributed by atoms with E-state index >= 15 is 0 Å². The van der Waals surface area contributed by atoms with Crippen molar-refractivity contribution in [2.24, 2.45) is 0 Å². The Morgan fingerprint density at radius 3 is 2.46 bits per heavy atom. The van der Waals surface area contributed by atoms with Gasteiger partial charge in [-0.15, -0.1) is 0 Å². The molecule has 0 heterocycles. The molecular weight excluding hydrogens is 257 g/mol. The van der Waals surface area contributed by atoms with Gasteiger partial charge in [-0.2, -0.15) is 0 Å². The molecule has 0 aliphatic rings. The van der Waals surface area contributed by atoms with Gasteiger partial charge in [0.15, 0.2) is 0 Å². The third kappa shape index (κ3) is 3.75. The lowest BCUT2D eigenvalue weighted by atomic mass is 10.3. The van der Waals surface area contributed by atoms with Crippen molar-refractivity contribution in [1.82, 2.24) is 0 Å². The second-order valence-corrected chi connectivity index (χ2v) is 5.33. The van der Waals surface area contributed by atoms with Crippen LogP contribution >= 0.6 is 41.4 Å². The van der Waals surface area contributed by atoms with Crippen LogP contribution in [-0.4, -0.2) is 4.89 Å². The van der Waals surface area contributed by atoms with E-state index in [2.05, 4.69) is 4.52 Å². The highest BCUT2D eigenvalue weighted by Gasteiger charge is 2.17. The Balaban J connectivity index is 2.97. The van der Waals surface area contributed by atoms with Crippen LogP contribution in [0.25, 0.3) is 0 Å². The van der Waals surface area contributed by atoms with Gasteiger partial charge in [0.25, 0.3) is 0 Å². The lowest BCUT2D eigenvalue weighted by molar-refractivity contribution is 0.401. The first kappa shape index (κ1) is 11.2. The van der Waals surface area contributed by atoms with E-state index in [1.807, 2.05) is 0 Å². The molecule has 0 spiro atoms. The molecular formula is C6H4Cl3O3P. The van der Waals surface area contributed by atoms with Crippen molar-refractivity contribution in [3.8, 4) is 5.75 Å². The van der Waals surface area contributed by atoms with Gasteiger partial charge < -0.3 is 9.42 Å². The fourth-order valence-electron chi connectivity index (χ4n) is 0.671.